The van der Waals surface area contributed by atoms with E-state index in [0.29, 0.717) is 12.3 Å². The maximum Gasteiger partial charge on any atom is 0.303 e. The summed E-state index contributed by atoms with van der Waals surface area (Å²) in [5.41, 5.74) is 2.43. The van der Waals surface area contributed by atoms with E-state index in [1.165, 1.54) is 30.4 Å². The van der Waals surface area contributed by atoms with Gasteiger partial charge in [0.25, 0.3) is 0 Å². The predicted molar refractivity (Wildman–Crippen MR) is 57.8 cm³/mol. The van der Waals surface area contributed by atoms with Crippen molar-refractivity contribution in [2.24, 2.45) is 0 Å². The summed E-state index contributed by atoms with van der Waals surface area (Å²) in [6, 6.07) is 9.18. The van der Waals surface area contributed by atoms with E-state index in [1.54, 1.807) is 0 Å². The Bertz CT molecular complexity index is 353. The van der Waals surface area contributed by atoms with Crippen LogP contribution in [0.1, 0.15) is 42.7 Å². The van der Waals surface area contributed by atoms with E-state index < -0.39 is 5.97 Å². The molecule has 1 N–H and O–H groups in total. The highest BCUT2D eigenvalue weighted by molar-refractivity contribution is 5.67. The van der Waals surface area contributed by atoms with Crippen molar-refractivity contribution in [1.29, 1.82) is 0 Å². The van der Waals surface area contributed by atoms with E-state index in [1.807, 2.05) is 18.2 Å². The maximum absolute atomic E-state index is 10.5. The van der Waals surface area contributed by atoms with E-state index in [-0.39, 0.29) is 6.42 Å². The topological polar surface area (TPSA) is 37.3 Å². The number of aryl methyl sites for hydroxylation is 1. The smallest absolute Gasteiger partial charge is 0.303 e. The lowest BCUT2D eigenvalue weighted by Crippen LogP contribution is -2.12. The SMILES string of the molecule is O=C(O)CCc1ccc[c]c1C1CCC1. The minimum Gasteiger partial charge on any atom is -0.481 e. The normalized spacial score (nSPS) is 16.0. The summed E-state index contributed by atoms with van der Waals surface area (Å²) >= 11 is 0. The van der Waals surface area contributed by atoms with Gasteiger partial charge in [-0.3, -0.25) is 4.79 Å². The van der Waals surface area contributed by atoms with Gasteiger partial charge in [0.05, 0.1) is 0 Å². The summed E-state index contributed by atoms with van der Waals surface area (Å²) in [7, 11) is 0. The average molecular weight is 203 g/mol. The molecule has 1 saturated carbocycles. The first-order chi connectivity index (χ1) is 7.27. The molecule has 0 amide bonds. The largest absolute Gasteiger partial charge is 0.481 e. The van der Waals surface area contributed by atoms with E-state index in [2.05, 4.69) is 6.07 Å². The molecule has 1 aliphatic carbocycles. The number of carboxylic acid groups (broad SMARTS) is 1. The molecule has 0 saturated heterocycles. The Morgan fingerprint density at radius 3 is 2.93 bits per heavy atom. The molecule has 0 unspecified atom stereocenters. The van der Waals surface area contributed by atoms with Gasteiger partial charge in [-0.25, -0.2) is 0 Å². The van der Waals surface area contributed by atoms with Crippen LogP contribution < -0.4 is 0 Å². The number of carbonyl (C=O) groups is 1. The predicted octanol–water partition coefficient (Wildman–Crippen LogP) is 2.77. The molecule has 0 heterocycles. The molecule has 15 heavy (non-hydrogen) atoms. The van der Waals surface area contributed by atoms with Crippen LogP contribution in [0.5, 0.6) is 0 Å². The molecule has 1 radical (unpaired) electrons. The third-order valence-corrected chi connectivity index (χ3v) is 3.10. The number of hydrogen-bond acceptors (Lipinski definition) is 1. The van der Waals surface area contributed by atoms with E-state index in [0.717, 1.165) is 0 Å². The van der Waals surface area contributed by atoms with Gasteiger partial charge >= 0.3 is 5.97 Å². The Kier molecular flexibility index (Phi) is 3.05. The third kappa shape index (κ3) is 2.38. The molecule has 79 valence electrons. The molecule has 0 bridgehead atoms. The van der Waals surface area contributed by atoms with Gasteiger partial charge in [-0.2, -0.15) is 0 Å². The van der Waals surface area contributed by atoms with Crippen molar-refractivity contribution in [2.75, 3.05) is 0 Å². The van der Waals surface area contributed by atoms with Gasteiger partial charge in [0.15, 0.2) is 0 Å². The minimum atomic E-state index is -0.724. The van der Waals surface area contributed by atoms with Gasteiger partial charge < -0.3 is 5.11 Å². The van der Waals surface area contributed by atoms with Crippen LogP contribution in [-0.4, -0.2) is 11.1 Å². The highest BCUT2D eigenvalue weighted by Crippen LogP contribution is 2.37. The van der Waals surface area contributed by atoms with Crippen molar-refractivity contribution < 1.29 is 9.90 Å². The lowest BCUT2D eigenvalue weighted by molar-refractivity contribution is -0.136. The third-order valence-electron chi connectivity index (χ3n) is 3.10. The molecular weight excluding hydrogens is 188 g/mol. The molecule has 2 nitrogen and oxygen atoms in total. The summed E-state index contributed by atoms with van der Waals surface area (Å²) in [5, 5.41) is 8.67. The van der Waals surface area contributed by atoms with Crippen LogP contribution in [0, 0.1) is 6.07 Å². The van der Waals surface area contributed by atoms with Gasteiger partial charge in [-0.05, 0) is 42.4 Å². The van der Waals surface area contributed by atoms with Crippen LogP contribution in [0.3, 0.4) is 0 Å². The summed E-state index contributed by atoms with van der Waals surface area (Å²) in [4.78, 5) is 10.5. The van der Waals surface area contributed by atoms with Gasteiger partial charge in [0.1, 0.15) is 0 Å². The monoisotopic (exact) mass is 203 g/mol. The molecular formula is C13H15O2. The second kappa shape index (κ2) is 4.47. The van der Waals surface area contributed by atoms with Gasteiger partial charge in [-0.1, -0.05) is 24.6 Å². The Morgan fingerprint density at radius 2 is 2.33 bits per heavy atom. The van der Waals surface area contributed by atoms with Crippen LogP contribution in [0.4, 0.5) is 0 Å². The Balaban J connectivity index is 2.10. The van der Waals surface area contributed by atoms with E-state index >= 15 is 0 Å². The highest BCUT2D eigenvalue weighted by Gasteiger charge is 2.21. The Labute approximate surface area is 89.9 Å². The van der Waals surface area contributed by atoms with E-state index in [9.17, 15) is 4.79 Å². The maximum atomic E-state index is 10.5. The van der Waals surface area contributed by atoms with Crippen LogP contribution in [-0.2, 0) is 11.2 Å². The lowest BCUT2D eigenvalue weighted by atomic mass is 9.77. The number of hydrogen-bond donors (Lipinski definition) is 1. The standard InChI is InChI=1S/C13H15O2/c14-13(15)9-8-11-4-1-2-7-12(11)10-5-3-6-10/h1-2,4,10H,3,5-6,8-9H2,(H,14,15). The fraction of sp³-hybridized carbons (Fsp3) is 0.462. The minimum absolute atomic E-state index is 0.220. The van der Waals surface area contributed by atoms with Crippen LogP contribution >= 0.6 is 0 Å². The zero-order valence-corrected chi connectivity index (χ0v) is 8.70. The summed E-state index contributed by atoms with van der Waals surface area (Å²) in [5.74, 6) is -0.0894. The zero-order valence-electron chi connectivity index (χ0n) is 8.70. The first-order valence-electron chi connectivity index (χ1n) is 5.48. The highest BCUT2D eigenvalue weighted by atomic mass is 16.4. The number of benzene rings is 1. The molecule has 0 atom stereocenters. The average Bonchev–Trinajstić information content (AvgIpc) is 2.14. The molecule has 1 aromatic carbocycles. The lowest BCUT2D eigenvalue weighted by Gasteiger charge is -2.27. The molecule has 1 fully saturated rings. The van der Waals surface area contributed by atoms with Crippen molar-refractivity contribution in [3.05, 3.63) is 35.4 Å². The summed E-state index contributed by atoms with van der Waals surface area (Å²) in [6.07, 6.45) is 4.63. The molecule has 2 rings (SSSR count). The van der Waals surface area contributed by atoms with Crippen LogP contribution in [0.25, 0.3) is 0 Å². The summed E-state index contributed by atoms with van der Waals surface area (Å²) in [6.45, 7) is 0. The van der Waals surface area contributed by atoms with Crippen molar-refractivity contribution >= 4 is 5.97 Å². The number of rotatable bonds is 4. The second-order valence-corrected chi connectivity index (χ2v) is 4.13. The quantitative estimate of drug-likeness (QED) is 0.817. The van der Waals surface area contributed by atoms with Crippen molar-refractivity contribution in [1.82, 2.24) is 0 Å². The van der Waals surface area contributed by atoms with Crippen molar-refractivity contribution in [3.8, 4) is 0 Å². The first-order valence-corrected chi connectivity index (χ1v) is 5.48. The van der Waals surface area contributed by atoms with Crippen LogP contribution in [0.15, 0.2) is 18.2 Å². The van der Waals surface area contributed by atoms with Gasteiger partial charge in [0, 0.05) is 6.42 Å². The second-order valence-electron chi connectivity index (χ2n) is 4.13. The fourth-order valence-electron chi connectivity index (χ4n) is 2.02. The molecule has 2 heteroatoms. The number of carboxylic acids is 1. The fourth-order valence-corrected chi connectivity index (χ4v) is 2.02. The van der Waals surface area contributed by atoms with Gasteiger partial charge in [0.2, 0.25) is 0 Å². The Morgan fingerprint density at radius 1 is 1.53 bits per heavy atom. The molecule has 1 aromatic rings. The molecule has 0 spiro atoms. The van der Waals surface area contributed by atoms with Crippen molar-refractivity contribution in [2.45, 2.75) is 38.0 Å². The molecule has 1 aliphatic rings. The Hall–Kier alpha value is -1.31. The zero-order chi connectivity index (χ0) is 10.7. The van der Waals surface area contributed by atoms with Crippen molar-refractivity contribution in [3.63, 3.8) is 0 Å². The summed E-state index contributed by atoms with van der Waals surface area (Å²) < 4.78 is 0. The van der Waals surface area contributed by atoms with Gasteiger partial charge in [-0.15, -0.1) is 0 Å². The van der Waals surface area contributed by atoms with E-state index in [4.69, 9.17) is 5.11 Å². The van der Waals surface area contributed by atoms with Crippen LogP contribution in [0.2, 0.25) is 0 Å². The number of aliphatic carboxylic acids is 1. The first kappa shape index (κ1) is 10.2. The molecule has 0 aromatic heterocycles. The molecule has 0 aliphatic heterocycles.